The molecular formula is C13H17NO2. The number of carbonyl (C=O) groups is 1. The normalized spacial score (nSPS) is 16.1. The van der Waals surface area contributed by atoms with Crippen LogP contribution >= 0.6 is 0 Å². The average Bonchev–Trinajstić information content (AvgIpc) is 2.57. The molecule has 86 valence electrons. The van der Waals surface area contributed by atoms with Crippen molar-refractivity contribution in [2.24, 2.45) is 5.92 Å². The molecule has 1 aliphatic heterocycles. The Morgan fingerprint density at radius 3 is 2.81 bits per heavy atom. The lowest BCUT2D eigenvalue weighted by molar-refractivity contribution is -0.115. The van der Waals surface area contributed by atoms with Gasteiger partial charge in [0.25, 0.3) is 0 Å². The Labute approximate surface area is 95.5 Å². The summed E-state index contributed by atoms with van der Waals surface area (Å²) in [5, 5.41) is 12.2. The minimum atomic E-state index is 0.0530. The maximum absolute atomic E-state index is 11.2. The summed E-state index contributed by atoms with van der Waals surface area (Å²) in [6.45, 7) is 4.34. The minimum absolute atomic E-state index is 0.0530. The van der Waals surface area contributed by atoms with E-state index in [9.17, 15) is 9.90 Å². The van der Waals surface area contributed by atoms with Crippen molar-refractivity contribution in [2.75, 3.05) is 11.9 Å². The Balaban J connectivity index is 2.31. The fraction of sp³-hybridized carbons (Fsp3) is 0.462. The molecule has 1 aromatic rings. The molecule has 0 radical (unpaired) electrons. The summed E-state index contributed by atoms with van der Waals surface area (Å²) in [7, 11) is 0. The maximum atomic E-state index is 11.2. The van der Waals surface area contributed by atoms with Gasteiger partial charge in [-0.2, -0.15) is 0 Å². The van der Waals surface area contributed by atoms with Crippen molar-refractivity contribution in [1.82, 2.24) is 0 Å². The summed E-state index contributed by atoms with van der Waals surface area (Å²) in [6, 6.07) is 5.96. The Bertz CT molecular complexity index is 412. The Kier molecular flexibility index (Phi) is 2.97. The Hall–Kier alpha value is -1.35. The lowest BCUT2D eigenvalue weighted by atomic mass is 9.88. The molecule has 0 aromatic heterocycles. The van der Waals surface area contributed by atoms with Gasteiger partial charge in [0.2, 0.25) is 5.91 Å². The van der Waals surface area contributed by atoms with Crippen molar-refractivity contribution >= 4 is 11.6 Å². The molecule has 1 heterocycles. The van der Waals surface area contributed by atoms with Crippen molar-refractivity contribution in [3.05, 3.63) is 29.3 Å². The molecule has 3 heteroatoms. The van der Waals surface area contributed by atoms with Crippen molar-refractivity contribution in [2.45, 2.75) is 26.2 Å². The molecule has 16 heavy (non-hydrogen) atoms. The van der Waals surface area contributed by atoms with Gasteiger partial charge in [0.1, 0.15) is 0 Å². The van der Waals surface area contributed by atoms with Crippen LogP contribution in [-0.4, -0.2) is 17.6 Å². The van der Waals surface area contributed by atoms with E-state index in [-0.39, 0.29) is 18.4 Å². The minimum Gasteiger partial charge on any atom is -0.396 e. The Morgan fingerprint density at radius 1 is 1.44 bits per heavy atom. The van der Waals surface area contributed by atoms with Gasteiger partial charge in [-0.25, -0.2) is 0 Å². The quantitative estimate of drug-likeness (QED) is 0.816. The predicted molar refractivity (Wildman–Crippen MR) is 63.4 cm³/mol. The summed E-state index contributed by atoms with van der Waals surface area (Å²) in [5.74, 6) is 0.603. The average molecular weight is 219 g/mol. The molecule has 1 amide bonds. The van der Waals surface area contributed by atoms with E-state index in [0.717, 1.165) is 16.8 Å². The third kappa shape index (κ3) is 1.95. The van der Waals surface area contributed by atoms with E-state index in [1.807, 2.05) is 18.2 Å². The fourth-order valence-electron chi connectivity index (χ4n) is 2.18. The second-order valence-electron chi connectivity index (χ2n) is 4.67. The number of aliphatic hydroxyl groups is 1. The van der Waals surface area contributed by atoms with E-state index in [0.29, 0.717) is 12.3 Å². The highest BCUT2D eigenvalue weighted by molar-refractivity contribution is 5.99. The van der Waals surface area contributed by atoms with Gasteiger partial charge in [-0.3, -0.25) is 4.79 Å². The first-order valence-corrected chi connectivity index (χ1v) is 5.65. The molecule has 0 aliphatic carbocycles. The van der Waals surface area contributed by atoms with Gasteiger partial charge in [0, 0.05) is 11.6 Å². The highest BCUT2D eigenvalue weighted by Gasteiger charge is 2.21. The molecule has 1 unspecified atom stereocenters. The topological polar surface area (TPSA) is 49.3 Å². The van der Waals surface area contributed by atoms with Gasteiger partial charge < -0.3 is 10.4 Å². The Morgan fingerprint density at radius 2 is 2.19 bits per heavy atom. The standard InChI is InChI=1S/C13H17NO2/c1-8(2)11(7-15)9-3-4-12-10(5-9)6-13(16)14-12/h3-5,8,11,15H,6-7H2,1-2H3,(H,14,16). The molecule has 2 rings (SSSR count). The van der Waals surface area contributed by atoms with Gasteiger partial charge in [0.15, 0.2) is 0 Å². The van der Waals surface area contributed by atoms with Crippen LogP contribution in [0.1, 0.15) is 30.9 Å². The van der Waals surface area contributed by atoms with E-state index in [4.69, 9.17) is 0 Å². The smallest absolute Gasteiger partial charge is 0.228 e. The molecular weight excluding hydrogens is 202 g/mol. The first-order chi connectivity index (χ1) is 7.61. The largest absolute Gasteiger partial charge is 0.396 e. The van der Waals surface area contributed by atoms with Gasteiger partial charge in [-0.15, -0.1) is 0 Å². The van der Waals surface area contributed by atoms with Crippen LogP contribution in [0.4, 0.5) is 5.69 Å². The van der Waals surface area contributed by atoms with Crippen molar-refractivity contribution in [3.8, 4) is 0 Å². The van der Waals surface area contributed by atoms with E-state index >= 15 is 0 Å². The first-order valence-electron chi connectivity index (χ1n) is 5.65. The molecule has 0 fully saturated rings. The second kappa shape index (κ2) is 4.26. The molecule has 0 bridgehead atoms. The van der Waals surface area contributed by atoms with Crippen LogP contribution in [-0.2, 0) is 11.2 Å². The van der Waals surface area contributed by atoms with Crippen LogP contribution in [0.5, 0.6) is 0 Å². The molecule has 0 saturated heterocycles. The van der Waals surface area contributed by atoms with Crippen LogP contribution in [0, 0.1) is 5.92 Å². The summed E-state index contributed by atoms with van der Waals surface area (Å²) < 4.78 is 0. The molecule has 1 atom stereocenters. The van der Waals surface area contributed by atoms with Crippen LogP contribution in [0.3, 0.4) is 0 Å². The number of hydrogen-bond donors (Lipinski definition) is 2. The lowest BCUT2D eigenvalue weighted by Crippen LogP contribution is -2.11. The number of anilines is 1. The van der Waals surface area contributed by atoms with E-state index in [1.165, 1.54) is 0 Å². The number of nitrogens with one attached hydrogen (secondary N) is 1. The third-order valence-electron chi connectivity index (χ3n) is 3.18. The SMILES string of the molecule is CC(C)C(CO)c1ccc2c(c1)CC(=O)N2. The number of fused-ring (bicyclic) bond motifs is 1. The zero-order valence-electron chi connectivity index (χ0n) is 9.66. The molecule has 2 N–H and O–H groups in total. The van der Waals surface area contributed by atoms with Crippen molar-refractivity contribution < 1.29 is 9.90 Å². The van der Waals surface area contributed by atoms with Crippen LogP contribution in [0.2, 0.25) is 0 Å². The summed E-state index contributed by atoms with van der Waals surface area (Å²) in [5.41, 5.74) is 3.07. The number of amides is 1. The molecule has 1 aliphatic rings. The number of aliphatic hydroxyl groups excluding tert-OH is 1. The molecule has 3 nitrogen and oxygen atoms in total. The lowest BCUT2D eigenvalue weighted by Gasteiger charge is -2.19. The predicted octanol–water partition coefficient (Wildman–Crippen LogP) is 1.91. The van der Waals surface area contributed by atoms with Crippen LogP contribution < -0.4 is 5.32 Å². The van der Waals surface area contributed by atoms with E-state index in [1.54, 1.807) is 0 Å². The monoisotopic (exact) mass is 219 g/mol. The molecule has 0 saturated carbocycles. The summed E-state index contributed by atoms with van der Waals surface area (Å²) in [6.07, 6.45) is 0.458. The fourth-order valence-corrected chi connectivity index (χ4v) is 2.18. The van der Waals surface area contributed by atoms with Gasteiger partial charge >= 0.3 is 0 Å². The zero-order valence-corrected chi connectivity index (χ0v) is 9.66. The highest BCUT2D eigenvalue weighted by atomic mass is 16.3. The number of hydrogen-bond acceptors (Lipinski definition) is 2. The third-order valence-corrected chi connectivity index (χ3v) is 3.18. The zero-order chi connectivity index (χ0) is 11.7. The van der Waals surface area contributed by atoms with Gasteiger partial charge in [-0.1, -0.05) is 26.0 Å². The highest BCUT2D eigenvalue weighted by Crippen LogP contribution is 2.30. The summed E-state index contributed by atoms with van der Waals surface area (Å²) in [4.78, 5) is 11.2. The molecule has 1 aromatic carbocycles. The van der Waals surface area contributed by atoms with E-state index < -0.39 is 0 Å². The number of carbonyl (C=O) groups excluding carboxylic acids is 1. The van der Waals surface area contributed by atoms with Crippen molar-refractivity contribution in [1.29, 1.82) is 0 Å². The number of rotatable bonds is 3. The maximum Gasteiger partial charge on any atom is 0.228 e. The first kappa shape index (κ1) is 11.1. The summed E-state index contributed by atoms with van der Waals surface area (Å²) >= 11 is 0. The van der Waals surface area contributed by atoms with Crippen molar-refractivity contribution in [3.63, 3.8) is 0 Å². The van der Waals surface area contributed by atoms with Gasteiger partial charge in [0.05, 0.1) is 13.0 Å². The van der Waals surface area contributed by atoms with Crippen LogP contribution in [0.15, 0.2) is 18.2 Å². The van der Waals surface area contributed by atoms with Gasteiger partial charge in [-0.05, 0) is 23.1 Å². The van der Waals surface area contributed by atoms with Crippen LogP contribution in [0.25, 0.3) is 0 Å². The second-order valence-corrected chi connectivity index (χ2v) is 4.67. The number of benzene rings is 1. The molecule has 0 spiro atoms. The van der Waals surface area contributed by atoms with E-state index in [2.05, 4.69) is 19.2 Å².